The number of rotatable bonds is 4. The second-order valence-corrected chi connectivity index (χ2v) is 7.19. The van der Waals surface area contributed by atoms with Crippen molar-refractivity contribution in [2.75, 3.05) is 32.7 Å². The highest BCUT2D eigenvalue weighted by atomic mass is 19.1. The lowest BCUT2D eigenvalue weighted by molar-refractivity contribution is -0.134. The molecule has 1 aromatic carbocycles. The average molecular weight is 334 g/mol. The first-order valence-electron chi connectivity index (χ1n) is 9.03. The van der Waals surface area contributed by atoms with Crippen LogP contribution in [0.25, 0.3) is 0 Å². The molecule has 0 unspecified atom stereocenters. The van der Waals surface area contributed by atoms with Crippen LogP contribution in [-0.2, 0) is 11.2 Å². The zero-order chi connectivity index (χ0) is 16.9. The zero-order valence-electron chi connectivity index (χ0n) is 14.2. The third kappa shape index (κ3) is 4.77. The fourth-order valence-electron chi connectivity index (χ4n) is 3.81. The molecular formula is C19H27FN2O2. The average Bonchev–Trinajstić information content (AvgIpc) is 2.57. The molecule has 2 saturated heterocycles. The van der Waals surface area contributed by atoms with E-state index >= 15 is 0 Å². The molecule has 1 amide bonds. The number of aliphatic hydroxyl groups excluding tert-OH is 1. The Hall–Kier alpha value is -1.46. The summed E-state index contributed by atoms with van der Waals surface area (Å²) in [5.74, 6) is 0.558. The molecule has 0 saturated carbocycles. The van der Waals surface area contributed by atoms with Crippen molar-refractivity contribution < 1.29 is 14.3 Å². The Morgan fingerprint density at radius 2 is 1.83 bits per heavy atom. The standard InChI is InChI=1S/C19H27FN2O2/c20-17-5-3-15(4-6-17)12-16-7-10-22(11-8-16)19(24)14-21-9-1-2-18(23)13-21/h3-6,16,18,23H,1-2,7-14H2/t18-/m0/s1. The summed E-state index contributed by atoms with van der Waals surface area (Å²) in [6, 6.07) is 6.74. The van der Waals surface area contributed by atoms with Gasteiger partial charge in [0, 0.05) is 19.6 Å². The van der Waals surface area contributed by atoms with Gasteiger partial charge in [-0.25, -0.2) is 4.39 Å². The maximum atomic E-state index is 13.0. The van der Waals surface area contributed by atoms with Crippen LogP contribution < -0.4 is 0 Å². The molecule has 1 N–H and O–H groups in total. The first-order valence-corrected chi connectivity index (χ1v) is 9.03. The van der Waals surface area contributed by atoms with Crippen LogP contribution >= 0.6 is 0 Å². The molecule has 2 fully saturated rings. The Labute approximate surface area is 143 Å². The van der Waals surface area contributed by atoms with Crippen LogP contribution in [0.15, 0.2) is 24.3 Å². The summed E-state index contributed by atoms with van der Waals surface area (Å²) >= 11 is 0. The quantitative estimate of drug-likeness (QED) is 0.917. The molecule has 0 bridgehead atoms. The molecule has 3 rings (SSSR count). The minimum absolute atomic E-state index is 0.185. The summed E-state index contributed by atoms with van der Waals surface area (Å²) in [6.45, 7) is 3.57. The third-order valence-electron chi connectivity index (χ3n) is 5.24. The molecule has 2 aliphatic rings. The number of benzene rings is 1. The van der Waals surface area contributed by atoms with Crippen molar-refractivity contribution in [2.24, 2.45) is 5.92 Å². The number of amides is 1. The Morgan fingerprint density at radius 1 is 1.12 bits per heavy atom. The van der Waals surface area contributed by atoms with E-state index in [0.29, 0.717) is 19.0 Å². The van der Waals surface area contributed by atoms with Gasteiger partial charge in [0.2, 0.25) is 5.91 Å². The molecule has 2 heterocycles. The predicted octanol–water partition coefficient (Wildman–Crippen LogP) is 2.06. The Balaban J connectivity index is 1.42. The first kappa shape index (κ1) is 17.4. The first-order chi connectivity index (χ1) is 11.6. The van der Waals surface area contributed by atoms with Crippen LogP contribution in [0.2, 0.25) is 0 Å². The normalized spacial score (nSPS) is 23.4. The number of nitrogens with zero attached hydrogens (tertiary/aromatic N) is 2. The topological polar surface area (TPSA) is 43.8 Å². The van der Waals surface area contributed by atoms with E-state index in [1.807, 2.05) is 17.0 Å². The second kappa shape index (κ2) is 8.08. The Bertz CT molecular complexity index is 541. The molecule has 5 heteroatoms. The van der Waals surface area contributed by atoms with Gasteiger partial charge >= 0.3 is 0 Å². The van der Waals surface area contributed by atoms with Crippen LogP contribution in [0.1, 0.15) is 31.2 Å². The summed E-state index contributed by atoms with van der Waals surface area (Å²) < 4.78 is 13.0. The fourth-order valence-corrected chi connectivity index (χ4v) is 3.81. The van der Waals surface area contributed by atoms with Gasteiger partial charge in [-0.2, -0.15) is 0 Å². The predicted molar refractivity (Wildman–Crippen MR) is 91.1 cm³/mol. The van der Waals surface area contributed by atoms with Gasteiger partial charge in [-0.05, 0) is 62.3 Å². The lowest BCUT2D eigenvalue weighted by Crippen LogP contribution is -2.47. The molecular weight excluding hydrogens is 307 g/mol. The van der Waals surface area contributed by atoms with Crippen molar-refractivity contribution in [2.45, 2.75) is 38.2 Å². The number of aliphatic hydroxyl groups is 1. The largest absolute Gasteiger partial charge is 0.392 e. The minimum atomic E-state index is -0.284. The van der Waals surface area contributed by atoms with Crippen LogP contribution in [0.5, 0.6) is 0 Å². The maximum absolute atomic E-state index is 13.0. The monoisotopic (exact) mass is 334 g/mol. The van der Waals surface area contributed by atoms with E-state index in [0.717, 1.165) is 51.7 Å². The number of carbonyl (C=O) groups is 1. The van der Waals surface area contributed by atoms with Gasteiger partial charge < -0.3 is 10.0 Å². The zero-order valence-corrected chi connectivity index (χ0v) is 14.2. The highest BCUT2D eigenvalue weighted by Crippen LogP contribution is 2.22. The summed E-state index contributed by atoms with van der Waals surface area (Å²) in [5, 5.41) is 9.70. The van der Waals surface area contributed by atoms with Crippen LogP contribution in [0.4, 0.5) is 4.39 Å². The lowest BCUT2D eigenvalue weighted by atomic mass is 9.90. The van der Waals surface area contributed by atoms with Crippen molar-refractivity contribution in [1.82, 2.24) is 9.80 Å². The van der Waals surface area contributed by atoms with Crippen molar-refractivity contribution in [3.63, 3.8) is 0 Å². The number of halogens is 1. The minimum Gasteiger partial charge on any atom is -0.392 e. The van der Waals surface area contributed by atoms with Gasteiger partial charge in [0.15, 0.2) is 0 Å². The highest BCUT2D eigenvalue weighted by molar-refractivity contribution is 5.78. The number of likely N-dealkylation sites (tertiary alicyclic amines) is 2. The van der Waals surface area contributed by atoms with E-state index < -0.39 is 0 Å². The van der Waals surface area contributed by atoms with Gasteiger partial charge in [-0.1, -0.05) is 12.1 Å². The van der Waals surface area contributed by atoms with E-state index in [-0.39, 0.29) is 17.8 Å². The Morgan fingerprint density at radius 3 is 2.50 bits per heavy atom. The number of β-amino-alcohol motifs (C(OH)–C–C–N with tert-alkyl or cyclic N) is 1. The van der Waals surface area contributed by atoms with Gasteiger partial charge in [-0.15, -0.1) is 0 Å². The van der Waals surface area contributed by atoms with E-state index in [4.69, 9.17) is 0 Å². The van der Waals surface area contributed by atoms with Gasteiger partial charge in [0.1, 0.15) is 5.82 Å². The van der Waals surface area contributed by atoms with Crippen molar-refractivity contribution in [3.05, 3.63) is 35.6 Å². The van der Waals surface area contributed by atoms with E-state index in [1.54, 1.807) is 0 Å². The summed E-state index contributed by atoms with van der Waals surface area (Å²) in [5.41, 5.74) is 1.17. The number of hydrogen-bond donors (Lipinski definition) is 1. The maximum Gasteiger partial charge on any atom is 0.236 e. The summed E-state index contributed by atoms with van der Waals surface area (Å²) in [7, 11) is 0. The summed E-state index contributed by atoms with van der Waals surface area (Å²) in [4.78, 5) is 16.5. The molecule has 0 aromatic heterocycles. The third-order valence-corrected chi connectivity index (χ3v) is 5.24. The van der Waals surface area contributed by atoms with Gasteiger partial charge in [-0.3, -0.25) is 9.69 Å². The fraction of sp³-hybridized carbons (Fsp3) is 0.632. The van der Waals surface area contributed by atoms with Crippen molar-refractivity contribution >= 4 is 5.91 Å². The molecule has 0 spiro atoms. The molecule has 132 valence electrons. The van der Waals surface area contributed by atoms with E-state index in [1.165, 1.54) is 17.7 Å². The molecule has 1 aromatic rings. The highest BCUT2D eigenvalue weighted by Gasteiger charge is 2.26. The smallest absolute Gasteiger partial charge is 0.236 e. The van der Waals surface area contributed by atoms with Crippen LogP contribution in [0.3, 0.4) is 0 Å². The number of carbonyl (C=O) groups excluding carboxylic acids is 1. The summed E-state index contributed by atoms with van der Waals surface area (Å²) in [6.07, 6.45) is 4.50. The lowest BCUT2D eigenvalue weighted by Gasteiger charge is -2.35. The SMILES string of the molecule is O=C(CN1CCC[C@H](O)C1)N1CCC(Cc2ccc(F)cc2)CC1. The van der Waals surface area contributed by atoms with Gasteiger partial charge in [0.05, 0.1) is 12.6 Å². The second-order valence-electron chi connectivity index (χ2n) is 7.19. The molecule has 4 nitrogen and oxygen atoms in total. The molecule has 0 radical (unpaired) electrons. The number of hydrogen-bond acceptors (Lipinski definition) is 3. The molecule has 0 aliphatic carbocycles. The Kier molecular flexibility index (Phi) is 5.85. The molecule has 24 heavy (non-hydrogen) atoms. The van der Waals surface area contributed by atoms with Crippen molar-refractivity contribution in [1.29, 1.82) is 0 Å². The van der Waals surface area contributed by atoms with Crippen molar-refractivity contribution in [3.8, 4) is 0 Å². The van der Waals surface area contributed by atoms with Gasteiger partial charge in [0.25, 0.3) is 0 Å². The van der Waals surface area contributed by atoms with Crippen LogP contribution in [-0.4, -0.2) is 59.6 Å². The van der Waals surface area contributed by atoms with E-state index in [2.05, 4.69) is 4.90 Å². The van der Waals surface area contributed by atoms with Crippen LogP contribution in [0, 0.1) is 11.7 Å². The molecule has 2 aliphatic heterocycles. The van der Waals surface area contributed by atoms with E-state index in [9.17, 15) is 14.3 Å². The molecule has 1 atom stereocenters. The number of piperidine rings is 2.